The fourth-order valence-corrected chi connectivity index (χ4v) is 3.32. The van der Waals surface area contributed by atoms with Crippen LogP contribution < -0.4 is 19.4 Å². The molecule has 0 unspecified atom stereocenters. The largest absolute Gasteiger partial charge is 0.494 e. The molecular weight excluding hydrogens is 274 g/mol. The van der Waals surface area contributed by atoms with Gasteiger partial charge in [-0.1, -0.05) is 24.3 Å². The Morgan fingerprint density at radius 1 is 0.909 bits per heavy atom. The molecule has 0 fully saturated rings. The maximum atomic E-state index is 5.75. The van der Waals surface area contributed by atoms with E-state index in [1.807, 2.05) is 14.1 Å². The predicted molar refractivity (Wildman–Crippen MR) is 93.3 cm³/mol. The van der Waals surface area contributed by atoms with Gasteiger partial charge in [0, 0.05) is 33.8 Å². The lowest BCUT2D eigenvalue weighted by atomic mass is 10.1. The molecule has 0 atom stereocenters. The van der Waals surface area contributed by atoms with E-state index >= 15 is 0 Å². The molecule has 4 nitrogen and oxygen atoms in total. The summed E-state index contributed by atoms with van der Waals surface area (Å²) in [5, 5.41) is 0. The molecule has 0 radical (unpaired) electrons. The summed E-state index contributed by atoms with van der Waals surface area (Å²) in [6, 6.07) is 14.8. The second-order valence-corrected chi connectivity index (χ2v) is 5.88. The van der Waals surface area contributed by atoms with Gasteiger partial charge in [0.05, 0.1) is 24.2 Å². The third-order valence-corrected chi connectivity index (χ3v) is 4.36. The van der Waals surface area contributed by atoms with Crippen molar-refractivity contribution in [2.45, 2.75) is 6.17 Å². The molecule has 0 aromatic heterocycles. The van der Waals surface area contributed by atoms with Crippen LogP contribution in [0.4, 0.5) is 17.1 Å². The molecule has 0 aliphatic carbocycles. The summed E-state index contributed by atoms with van der Waals surface area (Å²) in [5.41, 5.74) is 4.76. The fraction of sp³-hybridized carbons (Fsp3) is 0.333. The number of methoxy groups -OCH3 is 1. The first-order valence-electron chi connectivity index (χ1n) is 7.45. The molecule has 2 aromatic carbocycles. The maximum absolute atomic E-state index is 5.75. The molecule has 1 aliphatic heterocycles. The summed E-state index contributed by atoms with van der Waals surface area (Å²) >= 11 is 0. The van der Waals surface area contributed by atoms with Gasteiger partial charge in [-0.2, -0.15) is 0 Å². The Morgan fingerprint density at radius 2 is 1.50 bits per heavy atom. The number of ether oxygens (including phenoxy) is 1. The fourth-order valence-electron chi connectivity index (χ4n) is 3.32. The van der Waals surface area contributed by atoms with Crippen LogP contribution in [0.3, 0.4) is 0 Å². The van der Waals surface area contributed by atoms with Crippen LogP contribution >= 0.6 is 0 Å². The van der Waals surface area contributed by atoms with Crippen LogP contribution in [0.15, 0.2) is 42.5 Å². The van der Waals surface area contributed by atoms with Crippen molar-refractivity contribution >= 4 is 17.1 Å². The van der Waals surface area contributed by atoms with Crippen LogP contribution in [0.5, 0.6) is 5.75 Å². The zero-order chi connectivity index (χ0) is 15.9. The Labute approximate surface area is 132 Å². The topological polar surface area (TPSA) is 19.0 Å². The Morgan fingerprint density at radius 3 is 2.00 bits per heavy atom. The van der Waals surface area contributed by atoms with Gasteiger partial charge in [0.1, 0.15) is 11.9 Å². The lowest BCUT2D eigenvalue weighted by Crippen LogP contribution is -2.31. The molecule has 1 aliphatic rings. The van der Waals surface area contributed by atoms with Crippen molar-refractivity contribution in [3.05, 3.63) is 48.0 Å². The number of rotatable bonds is 3. The van der Waals surface area contributed by atoms with Crippen molar-refractivity contribution in [3.8, 4) is 5.75 Å². The molecule has 116 valence electrons. The van der Waals surface area contributed by atoms with Crippen LogP contribution in [0, 0.1) is 0 Å². The van der Waals surface area contributed by atoms with Crippen molar-refractivity contribution < 1.29 is 4.74 Å². The summed E-state index contributed by atoms with van der Waals surface area (Å²) in [6.07, 6.45) is 0.132. The molecule has 0 N–H and O–H groups in total. The maximum Gasteiger partial charge on any atom is 0.149 e. The lowest BCUT2D eigenvalue weighted by molar-refractivity contribution is 0.406. The zero-order valence-electron chi connectivity index (χ0n) is 13.9. The lowest BCUT2D eigenvalue weighted by Gasteiger charge is -2.31. The van der Waals surface area contributed by atoms with Gasteiger partial charge in [0.15, 0.2) is 0 Å². The molecule has 2 aromatic rings. The van der Waals surface area contributed by atoms with Gasteiger partial charge in [-0.3, -0.25) is 0 Å². The summed E-state index contributed by atoms with van der Waals surface area (Å²) in [6.45, 7) is 0. The molecule has 1 heterocycles. The number of para-hydroxylation sites is 3. The molecule has 4 heteroatoms. The average Bonchev–Trinajstić information content (AvgIpc) is 2.78. The molecule has 0 saturated carbocycles. The van der Waals surface area contributed by atoms with E-state index < -0.39 is 0 Å². The minimum Gasteiger partial charge on any atom is -0.494 e. The number of hydrogen-bond acceptors (Lipinski definition) is 4. The summed E-state index contributed by atoms with van der Waals surface area (Å²) in [7, 11) is 10.1. The van der Waals surface area contributed by atoms with Crippen molar-refractivity contribution in [3.63, 3.8) is 0 Å². The highest BCUT2D eigenvalue weighted by atomic mass is 16.5. The van der Waals surface area contributed by atoms with Crippen LogP contribution in [0.25, 0.3) is 0 Å². The normalized spacial score (nSPS) is 14.2. The SMILES string of the molecule is COc1c(C2N(C)c3ccccc3N2C)cccc1N(C)C. The molecule has 0 spiro atoms. The highest BCUT2D eigenvalue weighted by Gasteiger charge is 2.34. The molecule has 22 heavy (non-hydrogen) atoms. The second kappa shape index (κ2) is 5.44. The van der Waals surface area contributed by atoms with Gasteiger partial charge >= 0.3 is 0 Å². The van der Waals surface area contributed by atoms with Gasteiger partial charge in [0.2, 0.25) is 0 Å². The number of anilines is 3. The first-order chi connectivity index (χ1) is 10.6. The molecule has 0 amide bonds. The van der Waals surface area contributed by atoms with Gasteiger partial charge in [0.25, 0.3) is 0 Å². The van der Waals surface area contributed by atoms with Gasteiger partial charge in [-0.15, -0.1) is 0 Å². The summed E-state index contributed by atoms with van der Waals surface area (Å²) < 4.78 is 5.75. The number of nitrogens with zero attached hydrogens (tertiary/aromatic N) is 3. The first-order valence-corrected chi connectivity index (χ1v) is 7.45. The molecule has 3 rings (SSSR count). The number of benzene rings is 2. The van der Waals surface area contributed by atoms with Crippen LogP contribution in [-0.4, -0.2) is 35.3 Å². The zero-order valence-corrected chi connectivity index (χ0v) is 13.9. The van der Waals surface area contributed by atoms with Gasteiger partial charge in [-0.05, 0) is 18.2 Å². The van der Waals surface area contributed by atoms with E-state index in [0.717, 1.165) is 11.4 Å². The van der Waals surface area contributed by atoms with E-state index in [-0.39, 0.29) is 6.17 Å². The van der Waals surface area contributed by atoms with E-state index in [4.69, 9.17) is 4.74 Å². The third-order valence-electron chi connectivity index (χ3n) is 4.36. The van der Waals surface area contributed by atoms with Gasteiger partial charge in [-0.25, -0.2) is 0 Å². The quantitative estimate of drug-likeness (QED) is 0.865. The Bertz CT molecular complexity index is 655. The second-order valence-electron chi connectivity index (χ2n) is 5.88. The molecular formula is C18H23N3O. The highest BCUT2D eigenvalue weighted by Crippen LogP contribution is 2.47. The standard InChI is InChI=1S/C18H23N3O/c1-19(2)16-12-8-9-13(17(16)22-5)18-20(3)14-10-6-7-11-15(14)21(18)4/h6-12,18H,1-5H3. The Kier molecular flexibility index (Phi) is 3.61. The predicted octanol–water partition coefficient (Wildman–Crippen LogP) is 3.35. The summed E-state index contributed by atoms with van der Waals surface area (Å²) in [4.78, 5) is 6.68. The smallest absolute Gasteiger partial charge is 0.149 e. The minimum atomic E-state index is 0.132. The van der Waals surface area contributed by atoms with Crippen molar-refractivity contribution in [2.24, 2.45) is 0 Å². The monoisotopic (exact) mass is 297 g/mol. The summed E-state index contributed by atoms with van der Waals surface area (Å²) in [5.74, 6) is 0.934. The van der Waals surface area contributed by atoms with Crippen LogP contribution in [0.1, 0.15) is 11.7 Å². The average molecular weight is 297 g/mol. The first kappa shape index (κ1) is 14.6. The van der Waals surface area contributed by atoms with Crippen LogP contribution in [-0.2, 0) is 0 Å². The Balaban J connectivity index is 2.12. The van der Waals surface area contributed by atoms with Crippen molar-refractivity contribution in [1.29, 1.82) is 0 Å². The van der Waals surface area contributed by atoms with E-state index in [2.05, 4.69) is 71.3 Å². The highest BCUT2D eigenvalue weighted by molar-refractivity contribution is 5.79. The number of hydrogen-bond donors (Lipinski definition) is 0. The third kappa shape index (κ3) is 2.06. The van der Waals surface area contributed by atoms with E-state index in [1.54, 1.807) is 7.11 Å². The minimum absolute atomic E-state index is 0.132. The van der Waals surface area contributed by atoms with E-state index in [9.17, 15) is 0 Å². The van der Waals surface area contributed by atoms with Crippen LogP contribution in [0.2, 0.25) is 0 Å². The van der Waals surface area contributed by atoms with Gasteiger partial charge < -0.3 is 19.4 Å². The Hall–Kier alpha value is -2.36. The number of fused-ring (bicyclic) bond motifs is 1. The van der Waals surface area contributed by atoms with E-state index in [0.29, 0.717) is 0 Å². The molecule has 0 bridgehead atoms. The molecule has 0 saturated heterocycles. The van der Waals surface area contributed by atoms with Crippen molar-refractivity contribution in [1.82, 2.24) is 0 Å². The van der Waals surface area contributed by atoms with Crippen molar-refractivity contribution in [2.75, 3.05) is 50.0 Å². The van der Waals surface area contributed by atoms with E-state index in [1.165, 1.54) is 16.9 Å².